The normalized spacial score (nSPS) is 17.7. The predicted octanol–water partition coefficient (Wildman–Crippen LogP) is 6.48. The Morgan fingerprint density at radius 3 is 2.46 bits per heavy atom. The molecule has 1 atom stereocenters. The van der Waals surface area contributed by atoms with Crippen LogP contribution in [0.25, 0.3) is 11.5 Å². The lowest BCUT2D eigenvalue weighted by molar-refractivity contribution is 0.173. The highest BCUT2D eigenvalue weighted by Crippen LogP contribution is 2.39. The molecule has 0 saturated heterocycles. The number of benzene rings is 2. The van der Waals surface area contributed by atoms with Crippen LogP contribution in [0.4, 0.5) is 4.79 Å². The number of nitrogens with zero attached hydrogens (tertiary/aromatic N) is 4. The van der Waals surface area contributed by atoms with E-state index in [2.05, 4.69) is 78.5 Å². The van der Waals surface area contributed by atoms with Gasteiger partial charge in [0.05, 0.1) is 29.7 Å². The first-order valence-electron chi connectivity index (χ1n) is 13.6. The van der Waals surface area contributed by atoms with Gasteiger partial charge in [-0.05, 0) is 56.0 Å². The molecule has 3 heterocycles. The second kappa shape index (κ2) is 9.92. The number of carbonyl (C=O) groups is 1. The molecular weight excluding hydrogens is 458 g/mol. The number of aryl methyl sites for hydroxylation is 2. The van der Waals surface area contributed by atoms with Gasteiger partial charge in [-0.3, -0.25) is 0 Å². The third-order valence-electron chi connectivity index (χ3n) is 7.89. The van der Waals surface area contributed by atoms with E-state index in [0.717, 1.165) is 53.3 Å². The van der Waals surface area contributed by atoms with E-state index in [1.807, 2.05) is 27.8 Å². The lowest BCUT2D eigenvalue weighted by Crippen LogP contribution is -2.46. The van der Waals surface area contributed by atoms with Crippen LogP contribution in [0.2, 0.25) is 0 Å². The van der Waals surface area contributed by atoms with Gasteiger partial charge in [-0.1, -0.05) is 74.2 Å². The van der Waals surface area contributed by atoms with Crippen molar-refractivity contribution in [2.24, 2.45) is 0 Å². The Morgan fingerprint density at radius 1 is 0.973 bits per heavy atom. The number of rotatable bonds is 4. The van der Waals surface area contributed by atoms with E-state index in [-0.39, 0.29) is 18.1 Å². The number of carbonyl (C=O) groups excluding carboxylic acids is 1. The zero-order chi connectivity index (χ0) is 25.4. The van der Waals surface area contributed by atoms with Crippen molar-refractivity contribution < 1.29 is 4.79 Å². The number of fused-ring (bicyclic) bond motifs is 3. The number of aromatic nitrogens is 3. The minimum absolute atomic E-state index is 0.00703. The molecule has 2 aliphatic rings. The summed E-state index contributed by atoms with van der Waals surface area (Å²) in [5, 5.41) is 8.46. The molecule has 37 heavy (non-hydrogen) atoms. The molecule has 2 aromatic heterocycles. The van der Waals surface area contributed by atoms with E-state index >= 15 is 0 Å². The van der Waals surface area contributed by atoms with Crippen molar-refractivity contribution in [3.05, 3.63) is 101 Å². The second-order valence-electron chi connectivity index (χ2n) is 10.4. The van der Waals surface area contributed by atoms with Crippen molar-refractivity contribution in [2.45, 2.75) is 71.0 Å². The van der Waals surface area contributed by atoms with Gasteiger partial charge in [-0.2, -0.15) is 5.10 Å². The molecule has 0 bridgehead atoms. The molecule has 6 nitrogen and oxygen atoms in total. The lowest BCUT2D eigenvalue weighted by atomic mass is 9.95. The number of hydrogen-bond acceptors (Lipinski definition) is 2. The molecule has 0 radical (unpaired) electrons. The van der Waals surface area contributed by atoms with Crippen molar-refractivity contribution in [2.75, 3.05) is 0 Å². The minimum atomic E-state index is -0.208. The molecule has 6 rings (SSSR count). The van der Waals surface area contributed by atoms with Gasteiger partial charge in [0.15, 0.2) is 0 Å². The Hall–Kier alpha value is -3.80. The van der Waals surface area contributed by atoms with Crippen LogP contribution in [0, 0.1) is 6.92 Å². The van der Waals surface area contributed by atoms with Gasteiger partial charge in [0.25, 0.3) is 0 Å². The summed E-state index contributed by atoms with van der Waals surface area (Å²) in [5.41, 5.74) is 6.55. The molecular formula is C31H35N5O. The van der Waals surface area contributed by atoms with Gasteiger partial charge < -0.3 is 14.8 Å². The monoisotopic (exact) mass is 493 g/mol. The summed E-state index contributed by atoms with van der Waals surface area (Å²) in [5.74, 6) is 1.02. The van der Waals surface area contributed by atoms with Gasteiger partial charge >= 0.3 is 6.03 Å². The van der Waals surface area contributed by atoms with Gasteiger partial charge in [0, 0.05) is 17.8 Å². The van der Waals surface area contributed by atoms with E-state index in [0.29, 0.717) is 6.54 Å². The molecule has 2 amide bonds. The predicted molar refractivity (Wildman–Crippen MR) is 146 cm³/mol. The highest BCUT2D eigenvalue weighted by atomic mass is 16.2. The average molecular weight is 494 g/mol. The smallest absolute Gasteiger partial charge is 0.318 e. The van der Waals surface area contributed by atoms with Gasteiger partial charge in [0.2, 0.25) is 0 Å². The van der Waals surface area contributed by atoms with Crippen molar-refractivity contribution in [3.63, 3.8) is 0 Å². The van der Waals surface area contributed by atoms with Crippen molar-refractivity contribution >= 4 is 6.03 Å². The Balaban J connectivity index is 1.52. The van der Waals surface area contributed by atoms with Crippen LogP contribution >= 0.6 is 0 Å². The standard InChI is InChI=1S/C31H35N5O/c1-3-27-26-21-35(31(37)32-24-11-6-4-7-12-24)29(23-18-16-22(2)17-19-23)28-15-10-20-34(28)30(26)36(33-27)25-13-8-5-9-14-25/h5,8-10,13-20,24,29H,3-4,6-7,11-12,21H2,1-2H3,(H,32,37)/t29-/m0/s1. The maximum Gasteiger partial charge on any atom is 0.318 e. The highest BCUT2D eigenvalue weighted by Gasteiger charge is 2.36. The summed E-state index contributed by atoms with van der Waals surface area (Å²) in [6.07, 6.45) is 8.65. The molecule has 6 heteroatoms. The third-order valence-corrected chi connectivity index (χ3v) is 7.89. The van der Waals surface area contributed by atoms with Crippen molar-refractivity contribution in [3.8, 4) is 11.5 Å². The first kappa shape index (κ1) is 23.6. The van der Waals surface area contributed by atoms with E-state index in [9.17, 15) is 4.79 Å². The van der Waals surface area contributed by atoms with Gasteiger partial charge in [-0.25, -0.2) is 9.48 Å². The lowest BCUT2D eigenvalue weighted by Gasteiger charge is -2.33. The number of para-hydroxylation sites is 1. The van der Waals surface area contributed by atoms with Crippen molar-refractivity contribution in [1.29, 1.82) is 0 Å². The average Bonchev–Trinajstić information content (AvgIpc) is 3.51. The Bertz CT molecular complexity index is 1380. The Kier molecular flexibility index (Phi) is 6.33. The summed E-state index contributed by atoms with van der Waals surface area (Å²) >= 11 is 0. The summed E-state index contributed by atoms with van der Waals surface area (Å²) in [6.45, 7) is 4.75. The number of nitrogens with one attached hydrogen (secondary N) is 1. The van der Waals surface area contributed by atoms with Crippen molar-refractivity contribution in [1.82, 2.24) is 24.6 Å². The molecule has 1 N–H and O–H groups in total. The fourth-order valence-electron chi connectivity index (χ4n) is 5.95. The maximum atomic E-state index is 14.1. The second-order valence-corrected chi connectivity index (χ2v) is 10.4. The van der Waals surface area contributed by atoms with Crippen LogP contribution in [0.3, 0.4) is 0 Å². The van der Waals surface area contributed by atoms with Crippen LogP contribution in [-0.2, 0) is 13.0 Å². The van der Waals surface area contributed by atoms with E-state index < -0.39 is 0 Å². The SMILES string of the molecule is CCc1nn(-c2ccccc2)c2c1CN(C(=O)NC1CCCCC1)[C@@H](c1ccc(C)cc1)c1cccn1-2. The summed E-state index contributed by atoms with van der Waals surface area (Å²) < 4.78 is 4.29. The summed E-state index contributed by atoms with van der Waals surface area (Å²) in [7, 11) is 0. The summed E-state index contributed by atoms with van der Waals surface area (Å²) in [4.78, 5) is 16.1. The highest BCUT2D eigenvalue weighted by molar-refractivity contribution is 5.76. The molecule has 2 aromatic carbocycles. The summed E-state index contributed by atoms with van der Waals surface area (Å²) in [6, 6.07) is 23.2. The number of hydrogen-bond donors (Lipinski definition) is 1. The zero-order valence-corrected chi connectivity index (χ0v) is 21.7. The van der Waals surface area contributed by atoms with Crippen LogP contribution in [0.5, 0.6) is 0 Å². The minimum Gasteiger partial charge on any atom is -0.335 e. The molecule has 0 spiro atoms. The zero-order valence-electron chi connectivity index (χ0n) is 21.7. The van der Waals surface area contributed by atoms with Gasteiger partial charge in [0.1, 0.15) is 5.82 Å². The van der Waals surface area contributed by atoms with Crippen LogP contribution < -0.4 is 5.32 Å². The van der Waals surface area contributed by atoms with Crippen LogP contribution in [0.15, 0.2) is 72.9 Å². The largest absolute Gasteiger partial charge is 0.335 e. The van der Waals surface area contributed by atoms with Crippen LogP contribution in [-0.4, -0.2) is 31.3 Å². The first-order valence-corrected chi connectivity index (χ1v) is 13.6. The molecule has 1 aliphatic carbocycles. The molecule has 1 fully saturated rings. The molecule has 1 aliphatic heterocycles. The number of amides is 2. The third kappa shape index (κ3) is 4.35. The molecule has 4 aromatic rings. The van der Waals surface area contributed by atoms with Crippen LogP contribution in [0.1, 0.15) is 73.1 Å². The fourth-order valence-corrected chi connectivity index (χ4v) is 5.95. The number of urea groups is 1. The van der Waals surface area contributed by atoms with E-state index in [1.165, 1.54) is 24.8 Å². The Morgan fingerprint density at radius 2 is 1.73 bits per heavy atom. The maximum absolute atomic E-state index is 14.1. The molecule has 0 unspecified atom stereocenters. The van der Waals surface area contributed by atoms with E-state index in [1.54, 1.807) is 0 Å². The quantitative estimate of drug-likeness (QED) is 0.354. The molecule has 190 valence electrons. The first-order chi connectivity index (χ1) is 18.1. The van der Waals surface area contributed by atoms with E-state index in [4.69, 9.17) is 5.10 Å². The topological polar surface area (TPSA) is 55.1 Å². The Labute approximate surface area is 218 Å². The van der Waals surface area contributed by atoms with Gasteiger partial charge in [-0.15, -0.1) is 0 Å². The molecule has 1 saturated carbocycles. The fraction of sp³-hybridized carbons (Fsp3) is 0.355.